The molecule has 1 heterocycles. The van der Waals surface area contributed by atoms with E-state index in [1.807, 2.05) is 30.0 Å². The van der Waals surface area contributed by atoms with Crippen LogP contribution in [0.5, 0.6) is 0 Å². The quantitative estimate of drug-likeness (QED) is 0.828. The van der Waals surface area contributed by atoms with Crippen molar-refractivity contribution in [3.05, 3.63) is 28.2 Å². The average molecular weight is 371 g/mol. The Balaban J connectivity index is 1.84. The lowest BCUT2D eigenvalue weighted by Crippen LogP contribution is -2.42. The number of thioether (sulfide) groups is 1. The van der Waals surface area contributed by atoms with E-state index in [0.717, 1.165) is 14.9 Å². The Morgan fingerprint density at radius 3 is 2.62 bits per heavy atom. The van der Waals surface area contributed by atoms with Crippen molar-refractivity contribution in [1.82, 2.24) is 4.90 Å². The first-order chi connectivity index (χ1) is 9.97. The number of benzene rings is 1. The third-order valence-corrected chi connectivity index (χ3v) is 5.39. The van der Waals surface area contributed by atoms with Gasteiger partial charge in [0.1, 0.15) is 0 Å². The minimum Gasteiger partial charge on any atom is -0.369 e. The van der Waals surface area contributed by atoms with E-state index in [0.29, 0.717) is 31.7 Å². The molecule has 0 bridgehead atoms. The molecular formula is C15H19BrN2O2S. The summed E-state index contributed by atoms with van der Waals surface area (Å²) in [6.07, 6.45) is 1.37. The highest BCUT2D eigenvalue weighted by Gasteiger charge is 2.25. The molecule has 1 aliphatic rings. The smallest absolute Gasteiger partial charge is 0.232 e. The van der Waals surface area contributed by atoms with Gasteiger partial charge in [0, 0.05) is 28.4 Å². The molecule has 21 heavy (non-hydrogen) atoms. The van der Waals surface area contributed by atoms with Crippen molar-refractivity contribution in [2.75, 3.05) is 18.8 Å². The summed E-state index contributed by atoms with van der Waals surface area (Å²) in [5.41, 5.74) is 6.46. The van der Waals surface area contributed by atoms with Gasteiger partial charge in [-0.15, -0.1) is 11.8 Å². The number of likely N-dealkylation sites (tertiary alicyclic amines) is 1. The first kappa shape index (κ1) is 16.4. The standard InChI is InChI=1S/C15H19BrN2O2S/c1-10-8-12(16)2-3-13(10)21-9-14(19)18-6-4-11(5-7-18)15(17)20/h2-3,8,11H,4-7,9H2,1H3,(H2,17,20). The van der Waals surface area contributed by atoms with Crippen molar-refractivity contribution in [3.8, 4) is 0 Å². The number of rotatable bonds is 4. The third kappa shape index (κ3) is 4.48. The van der Waals surface area contributed by atoms with Gasteiger partial charge in [0.2, 0.25) is 11.8 Å². The summed E-state index contributed by atoms with van der Waals surface area (Å²) < 4.78 is 1.05. The van der Waals surface area contributed by atoms with Gasteiger partial charge in [-0.05, 0) is 43.5 Å². The van der Waals surface area contributed by atoms with Crippen LogP contribution in [0, 0.1) is 12.8 Å². The number of carbonyl (C=O) groups excluding carboxylic acids is 2. The number of amides is 2. The molecule has 2 amide bonds. The van der Waals surface area contributed by atoms with Crippen LogP contribution < -0.4 is 5.73 Å². The highest BCUT2D eigenvalue weighted by atomic mass is 79.9. The van der Waals surface area contributed by atoms with E-state index in [-0.39, 0.29) is 17.7 Å². The molecule has 4 nitrogen and oxygen atoms in total. The zero-order chi connectivity index (χ0) is 15.4. The Morgan fingerprint density at radius 1 is 1.38 bits per heavy atom. The summed E-state index contributed by atoms with van der Waals surface area (Å²) >= 11 is 4.99. The van der Waals surface area contributed by atoms with E-state index in [9.17, 15) is 9.59 Å². The molecule has 1 aromatic rings. The number of nitrogens with zero attached hydrogens (tertiary/aromatic N) is 1. The van der Waals surface area contributed by atoms with Crippen molar-refractivity contribution in [3.63, 3.8) is 0 Å². The highest BCUT2D eigenvalue weighted by Crippen LogP contribution is 2.26. The van der Waals surface area contributed by atoms with Crippen LogP contribution in [-0.4, -0.2) is 35.6 Å². The number of piperidine rings is 1. The van der Waals surface area contributed by atoms with Crippen LogP contribution in [0.15, 0.2) is 27.6 Å². The van der Waals surface area contributed by atoms with Crippen molar-refractivity contribution in [1.29, 1.82) is 0 Å². The van der Waals surface area contributed by atoms with Crippen molar-refractivity contribution in [2.45, 2.75) is 24.7 Å². The van der Waals surface area contributed by atoms with Gasteiger partial charge in [0.05, 0.1) is 5.75 Å². The first-order valence-corrected chi connectivity index (χ1v) is 8.71. The molecule has 0 saturated carbocycles. The van der Waals surface area contributed by atoms with E-state index in [4.69, 9.17) is 5.73 Å². The van der Waals surface area contributed by atoms with Gasteiger partial charge in [0.15, 0.2) is 0 Å². The maximum absolute atomic E-state index is 12.2. The van der Waals surface area contributed by atoms with Gasteiger partial charge in [-0.1, -0.05) is 15.9 Å². The monoisotopic (exact) mass is 370 g/mol. The van der Waals surface area contributed by atoms with E-state index >= 15 is 0 Å². The molecule has 0 radical (unpaired) electrons. The minimum atomic E-state index is -0.248. The molecule has 1 aliphatic heterocycles. The topological polar surface area (TPSA) is 63.4 Å². The molecule has 114 valence electrons. The van der Waals surface area contributed by atoms with Gasteiger partial charge in [-0.3, -0.25) is 9.59 Å². The predicted molar refractivity (Wildman–Crippen MR) is 88.1 cm³/mol. The Bertz CT molecular complexity index is 542. The largest absolute Gasteiger partial charge is 0.369 e. The molecular weight excluding hydrogens is 352 g/mol. The van der Waals surface area contributed by atoms with E-state index < -0.39 is 0 Å². The summed E-state index contributed by atoms with van der Waals surface area (Å²) in [5, 5.41) is 0. The summed E-state index contributed by atoms with van der Waals surface area (Å²) in [5.74, 6) is 0.242. The molecule has 0 aromatic heterocycles. The molecule has 2 rings (SSSR count). The molecule has 0 atom stereocenters. The number of aryl methyl sites for hydroxylation is 1. The van der Waals surface area contributed by atoms with Crippen LogP contribution in [0.1, 0.15) is 18.4 Å². The van der Waals surface area contributed by atoms with Crippen LogP contribution in [0.25, 0.3) is 0 Å². The number of halogens is 1. The molecule has 6 heteroatoms. The second-order valence-electron chi connectivity index (χ2n) is 5.26. The van der Waals surface area contributed by atoms with E-state index in [1.165, 1.54) is 0 Å². The maximum Gasteiger partial charge on any atom is 0.232 e. The fourth-order valence-corrected chi connectivity index (χ4v) is 3.81. The molecule has 1 aromatic carbocycles. The predicted octanol–water partition coefficient (Wildman–Crippen LogP) is 2.57. The van der Waals surface area contributed by atoms with Crippen molar-refractivity contribution in [2.24, 2.45) is 11.7 Å². The Hall–Kier alpha value is -1.01. The lowest BCUT2D eigenvalue weighted by Gasteiger charge is -2.30. The second kappa shape index (κ2) is 7.31. The lowest BCUT2D eigenvalue weighted by molar-refractivity contribution is -0.132. The number of nitrogens with two attached hydrogens (primary N) is 1. The summed E-state index contributed by atoms with van der Waals surface area (Å²) in [6.45, 7) is 3.30. The Morgan fingerprint density at radius 2 is 2.05 bits per heavy atom. The molecule has 1 saturated heterocycles. The summed E-state index contributed by atoms with van der Waals surface area (Å²) in [4.78, 5) is 26.3. The molecule has 2 N–H and O–H groups in total. The van der Waals surface area contributed by atoms with Gasteiger partial charge in [0.25, 0.3) is 0 Å². The van der Waals surface area contributed by atoms with Crippen molar-refractivity contribution < 1.29 is 9.59 Å². The number of primary amides is 1. The van der Waals surface area contributed by atoms with Crippen molar-refractivity contribution >= 4 is 39.5 Å². The van der Waals surface area contributed by atoms with Crippen LogP contribution in [0.2, 0.25) is 0 Å². The first-order valence-electron chi connectivity index (χ1n) is 6.93. The van der Waals surface area contributed by atoms with Gasteiger partial charge in [-0.25, -0.2) is 0 Å². The van der Waals surface area contributed by atoms with Crippen LogP contribution in [0.3, 0.4) is 0 Å². The third-order valence-electron chi connectivity index (χ3n) is 3.74. The second-order valence-corrected chi connectivity index (χ2v) is 7.19. The molecule has 0 spiro atoms. The fourth-order valence-electron chi connectivity index (χ4n) is 2.42. The zero-order valence-electron chi connectivity index (χ0n) is 12.0. The minimum absolute atomic E-state index is 0.0737. The Kier molecular flexibility index (Phi) is 5.70. The van der Waals surface area contributed by atoms with Crippen LogP contribution >= 0.6 is 27.7 Å². The van der Waals surface area contributed by atoms with Gasteiger partial charge < -0.3 is 10.6 Å². The molecule has 1 fully saturated rings. The normalized spacial score (nSPS) is 16.0. The summed E-state index contributed by atoms with van der Waals surface area (Å²) in [6, 6.07) is 6.06. The number of hydrogen-bond donors (Lipinski definition) is 1. The lowest BCUT2D eigenvalue weighted by atomic mass is 9.96. The average Bonchev–Trinajstić information content (AvgIpc) is 2.46. The number of hydrogen-bond acceptors (Lipinski definition) is 3. The Labute approximate surface area is 137 Å². The summed E-state index contributed by atoms with van der Waals surface area (Å²) in [7, 11) is 0. The SMILES string of the molecule is Cc1cc(Br)ccc1SCC(=O)N1CCC(C(N)=O)CC1. The molecule has 0 unspecified atom stereocenters. The number of carbonyl (C=O) groups is 2. The van der Waals surface area contributed by atoms with Gasteiger partial charge >= 0.3 is 0 Å². The van der Waals surface area contributed by atoms with Crippen LogP contribution in [0.4, 0.5) is 0 Å². The van der Waals surface area contributed by atoms with Gasteiger partial charge in [-0.2, -0.15) is 0 Å². The fraction of sp³-hybridized carbons (Fsp3) is 0.467. The maximum atomic E-state index is 12.2. The molecule has 0 aliphatic carbocycles. The van der Waals surface area contributed by atoms with E-state index in [1.54, 1.807) is 11.8 Å². The zero-order valence-corrected chi connectivity index (χ0v) is 14.4. The van der Waals surface area contributed by atoms with E-state index in [2.05, 4.69) is 15.9 Å². The van der Waals surface area contributed by atoms with Crippen LogP contribution in [-0.2, 0) is 9.59 Å². The highest BCUT2D eigenvalue weighted by molar-refractivity contribution is 9.10.